The number of anilines is 1. The topological polar surface area (TPSA) is 23.6 Å². The quantitative estimate of drug-likeness (QED) is 0.807. The number of benzene rings is 1. The van der Waals surface area contributed by atoms with Crippen LogP contribution < -0.4 is 4.90 Å². The number of nitrogens with zero attached hydrogens (tertiary/aromatic N) is 2. The van der Waals surface area contributed by atoms with Crippen LogP contribution >= 0.6 is 11.6 Å². The van der Waals surface area contributed by atoms with Crippen LogP contribution in [0.5, 0.6) is 0 Å². The van der Waals surface area contributed by atoms with Crippen LogP contribution in [0, 0.1) is 0 Å². The monoisotopic (exact) mass is 252 g/mol. The van der Waals surface area contributed by atoms with E-state index in [9.17, 15) is 4.79 Å². The number of carbonyl (C=O) groups is 1. The maximum Gasteiger partial charge on any atom is 0.222 e. The maximum atomic E-state index is 11.5. The molecule has 0 bridgehead atoms. The molecule has 3 nitrogen and oxygen atoms in total. The Morgan fingerprint density at radius 3 is 2.29 bits per heavy atom. The molecule has 2 rings (SSSR count). The second-order valence-corrected chi connectivity index (χ2v) is 4.63. The third-order valence-electron chi connectivity index (χ3n) is 3.13. The number of carbonyl (C=O) groups excluding carboxylic acids is 1. The summed E-state index contributed by atoms with van der Waals surface area (Å²) >= 11 is 5.86. The van der Waals surface area contributed by atoms with E-state index in [0.29, 0.717) is 6.42 Å². The SMILES string of the molecule is CCC(=O)N1CCN(c2ccc(Cl)cc2)CC1. The molecular formula is C13H17ClN2O. The van der Waals surface area contributed by atoms with Crippen molar-refractivity contribution in [2.75, 3.05) is 31.1 Å². The second kappa shape index (κ2) is 5.41. The molecule has 0 radical (unpaired) electrons. The van der Waals surface area contributed by atoms with Crippen molar-refractivity contribution < 1.29 is 4.79 Å². The largest absolute Gasteiger partial charge is 0.368 e. The molecule has 1 aliphatic rings. The number of rotatable bonds is 2. The lowest BCUT2D eigenvalue weighted by molar-refractivity contribution is -0.131. The van der Waals surface area contributed by atoms with Gasteiger partial charge in [-0.2, -0.15) is 0 Å². The van der Waals surface area contributed by atoms with Gasteiger partial charge in [0.1, 0.15) is 0 Å². The summed E-state index contributed by atoms with van der Waals surface area (Å²) in [5, 5.41) is 0.758. The molecule has 1 heterocycles. The number of hydrogen-bond donors (Lipinski definition) is 0. The zero-order valence-electron chi connectivity index (χ0n) is 10.0. The molecule has 0 N–H and O–H groups in total. The molecule has 0 spiro atoms. The fourth-order valence-electron chi connectivity index (χ4n) is 2.09. The van der Waals surface area contributed by atoms with E-state index in [1.807, 2.05) is 36.1 Å². The van der Waals surface area contributed by atoms with Gasteiger partial charge in [-0.25, -0.2) is 0 Å². The third kappa shape index (κ3) is 2.91. The molecule has 17 heavy (non-hydrogen) atoms. The van der Waals surface area contributed by atoms with Crippen molar-refractivity contribution in [3.63, 3.8) is 0 Å². The summed E-state index contributed by atoms with van der Waals surface area (Å²) in [5.41, 5.74) is 1.18. The van der Waals surface area contributed by atoms with Crippen molar-refractivity contribution in [1.82, 2.24) is 4.90 Å². The minimum absolute atomic E-state index is 0.251. The first kappa shape index (κ1) is 12.2. The van der Waals surface area contributed by atoms with Gasteiger partial charge < -0.3 is 9.80 Å². The first-order valence-electron chi connectivity index (χ1n) is 5.99. The Morgan fingerprint density at radius 1 is 1.18 bits per heavy atom. The fourth-order valence-corrected chi connectivity index (χ4v) is 2.22. The van der Waals surface area contributed by atoms with Crippen LogP contribution in [0.4, 0.5) is 5.69 Å². The first-order valence-corrected chi connectivity index (χ1v) is 6.37. The Balaban J connectivity index is 1.95. The average molecular weight is 253 g/mol. The Bertz CT molecular complexity index is 383. The van der Waals surface area contributed by atoms with Gasteiger partial charge in [0.05, 0.1) is 0 Å². The molecule has 0 aliphatic carbocycles. The zero-order chi connectivity index (χ0) is 12.3. The van der Waals surface area contributed by atoms with E-state index in [0.717, 1.165) is 31.2 Å². The van der Waals surface area contributed by atoms with Gasteiger partial charge in [-0.05, 0) is 24.3 Å². The van der Waals surface area contributed by atoms with Crippen LogP contribution in [-0.4, -0.2) is 37.0 Å². The number of hydrogen-bond acceptors (Lipinski definition) is 2. The molecule has 0 unspecified atom stereocenters. The van der Waals surface area contributed by atoms with E-state index < -0.39 is 0 Å². The van der Waals surface area contributed by atoms with Gasteiger partial charge >= 0.3 is 0 Å². The lowest BCUT2D eigenvalue weighted by atomic mass is 10.2. The third-order valence-corrected chi connectivity index (χ3v) is 3.38. The molecule has 1 fully saturated rings. The lowest BCUT2D eigenvalue weighted by Crippen LogP contribution is -2.48. The van der Waals surface area contributed by atoms with Gasteiger partial charge in [0.25, 0.3) is 0 Å². The average Bonchev–Trinajstić information content (AvgIpc) is 2.39. The summed E-state index contributed by atoms with van der Waals surface area (Å²) in [5.74, 6) is 0.251. The van der Waals surface area contributed by atoms with Crippen LogP contribution in [0.25, 0.3) is 0 Å². The molecule has 1 aromatic rings. The highest BCUT2D eigenvalue weighted by Crippen LogP contribution is 2.19. The predicted octanol–water partition coefficient (Wildman–Crippen LogP) is 2.40. The van der Waals surface area contributed by atoms with Gasteiger partial charge in [0, 0.05) is 43.3 Å². The highest BCUT2D eigenvalue weighted by atomic mass is 35.5. The molecule has 4 heteroatoms. The van der Waals surface area contributed by atoms with E-state index in [2.05, 4.69) is 4.90 Å². The normalized spacial score (nSPS) is 16.1. The molecular weight excluding hydrogens is 236 g/mol. The van der Waals surface area contributed by atoms with Gasteiger partial charge in [-0.1, -0.05) is 18.5 Å². The summed E-state index contributed by atoms with van der Waals surface area (Å²) in [7, 11) is 0. The molecule has 0 saturated carbocycles. The van der Waals surface area contributed by atoms with Crippen LogP contribution in [0.1, 0.15) is 13.3 Å². The number of amides is 1. The summed E-state index contributed by atoms with van der Waals surface area (Å²) in [6, 6.07) is 7.86. The molecule has 1 aromatic carbocycles. The van der Waals surface area contributed by atoms with Gasteiger partial charge in [0.15, 0.2) is 0 Å². The standard InChI is InChI=1S/C13H17ClN2O/c1-2-13(17)16-9-7-15(8-10-16)12-5-3-11(14)4-6-12/h3-6H,2,7-10H2,1H3. The molecule has 1 amide bonds. The van der Waals surface area contributed by atoms with Crippen LogP contribution in [-0.2, 0) is 4.79 Å². The highest BCUT2D eigenvalue weighted by molar-refractivity contribution is 6.30. The van der Waals surface area contributed by atoms with Crippen molar-refractivity contribution >= 4 is 23.2 Å². The fraction of sp³-hybridized carbons (Fsp3) is 0.462. The van der Waals surface area contributed by atoms with E-state index in [1.165, 1.54) is 5.69 Å². The van der Waals surface area contributed by atoms with Crippen molar-refractivity contribution in [3.8, 4) is 0 Å². The molecule has 92 valence electrons. The molecule has 0 aromatic heterocycles. The Labute approximate surface area is 107 Å². The van der Waals surface area contributed by atoms with E-state index in [1.54, 1.807) is 0 Å². The van der Waals surface area contributed by atoms with E-state index in [-0.39, 0.29) is 5.91 Å². The van der Waals surface area contributed by atoms with Gasteiger partial charge in [0.2, 0.25) is 5.91 Å². The first-order chi connectivity index (χ1) is 8.20. The summed E-state index contributed by atoms with van der Waals surface area (Å²) in [6.45, 7) is 5.33. The second-order valence-electron chi connectivity index (χ2n) is 4.20. The Morgan fingerprint density at radius 2 is 1.76 bits per heavy atom. The summed E-state index contributed by atoms with van der Waals surface area (Å²) in [6.07, 6.45) is 0.598. The molecule has 0 atom stereocenters. The van der Waals surface area contributed by atoms with Crippen LogP contribution in [0.2, 0.25) is 5.02 Å². The minimum atomic E-state index is 0.251. The van der Waals surface area contributed by atoms with Gasteiger partial charge in [-0.15, -0.1) is 0 Å². The van der Waals surface area contributed by atoms with Crippen molar-refractivity contribution in [2.45, 2.75) is 13.3 Å². The van der Waals surface area contributed by atoms with Crippen molar-refractivity contribution in [1.29, 1.82) is 0 Å². The smallest absolute Gasteiger partial charge is 0.222 e. The van der Waals surface area contributed by atoms with Crippen molar-refractivity contribution in [2.24, 2.45) is 0 Å². The van der Waals surface area contributed by atoms with E-state index >= 15 is 0 Å². The Kier molecular flexibility index (Phi) is 3.89. The molecule has 1 aliphatic heterocycles. The number of piperazine rings is 1. The highest BCUT2D eigenvalue weighted by Gasteiger charge is 2.19. The molecule has 1 saturated heterocycles. The van der Waals surface area contributed by atoms with Crippen LogP contribution in [0.15, 0.2) is 24.3 Å². The predicted molar refractivity (Wildman–Crippen MR) is 70.5 cm³/mol. The number of halogens is 1. The zero-order valence-corrected chi connectivity index (χ0v) is 10.8. The van der Waals surface area contributed by atoms with Gasteiger partial charge in [-0.3, -0.25) is 4.79 Å². The lowest BCUT2D eigenvalue weighted by Gasteiger charge is -2.36. The van der Waals surface area contributed by atoms with Crippen LogP contribution in [0.3, 0.4) is 0 Å². The summed E-state index contributed by atoms with van der Waals surface area (Å²) in [4.78, 5) is 15.8. The Hall–Kier alpha value is -1.22. The maximum absolute atomic E-state index is 11.5. The van der Waals surface area contributed by atoms with E-state index in [4.69, 9.17) is 11.6 Å². The summed E-state index contributed by atoms with van der Waals surface area (Å²) < 4.78 is 0. The minimum Gasteiger partial charge on any atom is -0.368 e. The van der Waals surface area contributed by atoms with Crippen molar-refractivity contribution in [3.05, 3.63) is 29.3 Å².